The number of imidazole rings is 1. The molecule has 3 rings (SSSR count). The Morgan fingerprint density at radius 2 is 1.86 bits per heavy atom. The van der Waals surface area contributed by atoms with Crippen molar-refractivity contribution in [2.75, 3.05) is 0 Å². The van der Waals surface area contributed by atoms with E-state index in [-0.39, 0.29) is 0 Å². The van der Waals surface area contributed by atoms with Crippen LogP contribution in [0.5, 0.6) is 0 Å². The zero-order valence-corrected chi connectivity index (χ0v) is 13.9. The highest BCUT2D eigenvalue weighted by molar-refractivity contribution is 9.10. The number of rotatable bonds is 2. The molecule has 3 nitrogen and oxygen atoms in total. The topological polar surface area (TPSA) is 52.5 Å². The normalized spacial score (nSPS) is 11.6. The van der Waals surface area contributed by atoms with E-state index in [2.05, 4.69) is 51.9 Å². The van der Waals surface area contributed by atoms with Gasteiger partial charge in [0.1, 0.15) is 11.9 Å². The predicted molar refractivity (Wildman–Crippen MR) is 93.2 cm³/mol. The maximum Gasteiger partial charge on any atom is 0.149 e. The van der Waals surface area contributed by atoms with Crippen LogP contribution in [0.15, 0.2) is 40.9 Å². The third-order valence-corrected chi connectivity index (χ3v) is 4.18. The number of benzene rings is 2. The molecule has 3 aromatic rings. The molecule has 0 unspecified atom stereocenters. The minimum absolute atomic E-state index is 0.522. The molecule has 0 amide bonds. The van der Waals surface area contributed by atoms with Crippen LogP contribution in [0.4, 0.5) is 0 Å². The zero-order valence-electron chi connectivity index (χ0n) is 12.3. The number of nitriles is 1. The van der Waals surface area contributed by atoms with Gasteiger partial charge in [-0.2, -0.15) is 5.26 Å². The Kier molecular flexibility index (Phi) is 3.82. The summed E-state index contributed by atoms with van der Waals surface area (Å²) in [4.78, 5) is 7.78. The Hall–Kier alpha value is -2.38. The van der Waals surface area contributed by atoms with Crippen molar-refractivity contribution >= 4 is 38.6 Å². The van der Waals surface area contributed by atoms with Crippen molar-refractivity contribution in [2.45, 2.75) is 13.8 Å². The number of aryl methyl sites for hydroxylation is 2. The maximum atomic E-state index is 9.44. The van der Waals surface area contributed by atoms with Crippen LogP contribution >= 0.6 is 15.9 Å². The smallest absolute Gasteiger partial charge is 0.149 e. The molecule has 1 heterocycles. The molecule has 1 N–H and O–H groups in total. The summed E-state index contributed by atoms with van der Waals surface area (Å²) in [6.07, 6.45) is 1.84. The highest BCUT2D eigenvalue weighted by Crippen LogP contribution is 2.22. The molecule has 0 saturated heterocycles. The molecule has 108 valence electrons. The van der Waals surface area contributed by atoms with Crippen LogP contribution < -0.4 is 0 Å². The van der Waals surface area contributed by atoms with E-state index in [1.54, 1.807) is 0 Å². The van der Waals surface area contributed by atoms with E-state index in [4.69, 9.17) is 0 Å². The average molecular weight is 352 g/mol. The molecule has 0 aliphatic rings. The lowest BCUT2D eigenvalue weighted by Gasteiger charge is -1.97. The van der Waals surface area contributed by atoms with E-state index in [1.165, 1.54) is 11.1 Å². The third-order valence-electron chi connectivity index (χ3n) is 3.65. The Morgan fingerprint density at radius 3 is 2.55 bits per heavy atom. The number of nitrogens with one attached hydrogen (secondary N) is 1. The molecule has 0 aliphatic carbocycles. The van der Waals surface area contributed by atoms with Crippen molar-refractivity contribution in [3.05, 3.63) is 63.4 Å². The number of allylic oxidation sites excluding steroid dienone is 1. The number of aromatic nitrogens is 2. The van der Waals surface area contributed by atoms with Gasteiger partial charge in [0.15, 0.2) is 0 Å². The van der Waals surface area contributed by atoms with Gasteiger partial charge >= 0.3 is 0 Å². The van der Waals surface area contributed by atoms with Gasteiger partial charge in [-0.1, -0.05) is 28.1 Å². The van der Waals surface area contributed by atoms with Gasteiger partial charge in [-0.25, -0.2) is 4.98 Å². The fourth-order valence-electron chi connectivity index (χ4n) is 2.28. The standard InChI is InChI=1S/C18H14BrN3/c1-11-7-16-17(8-12(11)2)22-18(21-16)14(10-20)9-13-3-5-15(19)6-4-13/h3-9H,1-2H3,(H,21,22)/b14-9-. The highest BCUT2D eigenvalue weighted by Gasteiger charge is 2.09. The summed E-state index contributed by atoms with van der Waals surface area (Å²) >= 11 is 3.41. The average Bonchev–Trinajstić information content (AvgIpc) is 2.89. The van der Waals surface area contributed by atoms with Gasteiger partial charge in [0, 0.05) is 4.47 Å². The summed E-state index contributed by atoms with van der Waals surface area (Å²) in [5.41, 5.74) is 5.73. The van der Waals surface area contributed by atoms with E-state index in [0.717, 1.165) is 21.1 Å². The van der Waals surface area contributed by atoms with Crippen molar-refractivity contribution in [3.63, 3.8) is 0 Å². The number of hydrogen-bond donors (Lipinski definition) is 1. The summed E-state index contributed by atoms with van der Waals surface area (Å²) < 4.78 is 1.01. The van der Waals surface area contributed by atoms with E-state index in [0.29, 0.717) is 11.4 Å². The molecule has 0 atom stereocenters. The van der Waals surface area contributed by atoms with Gasteiger partial charge in [-0.05, 0) is 60.9 Å². The Morgan fingerprint density at radius 1 is 1.18 bits per heavy atom. The quantitative estimate of drug-likeness (QED) is 0.660. The number of halogens is 1. The molecule has 0 bridgehead atoms. The summed E-state index contributed by atoms with van der Waals surface area (Å²) in [5.74, 6) is 0.602. The highest BCUT2D eigenvalue weighted by atomic mass is 79.9. The van der Waals surface area contributed by atoms with Crippen LogP contribution in [-0.2, 0) is 0 Å². The van der Waals surface area contributed by atoms with E-state index in [9.17, 15) is 5.26 Å². The van der Waals surface area contributed by atoms with Crippen molar-refractivity contribution in [1.29, 1.82) is 5.26 Å². The molecule has 22 heavy (non-hydrogen) atoms. The summed E-state index contributed by atoms with van der Waals surface area (Å²) in [5, 5.41) is 9.44. The fraction of sp³-hybridized carbons (Fsp3) is 0.111. The van der Waals surface area contributed by atoms with Gasteiger partial charge in [-0.15, -0.1) is 0 Å². The lowest BCUT2D eigenvalue weighted by Crippen LogP contribution is -1.84. The number of hydrogen-bond acceptors (Lipinski definition) is 2. The number of aromatic amines is 1. The van der Waals surface area contributed by atoms with E-state index in [1.807, 2.05) is 36.4 Å². The van der Waals surface area contributed by atoms with Crippen LogP contribution in [0.2, 0.25) is 0 Å². The molecule has 0 radical (unpaired) electrons. The molecule has 0 saturated carbocycles. The van der Waals surface area contributed by atoms with E-state index < -0.39 is 0 Å². The molecule has 1 aromatic heterocycles. The molecule has 2 aromatic carbocycles. The number of H-pyrrole nitrogens is 1. The van der Waals surface area contributed by atoms with Gasteiger partial charge in [0.05, 0.1) is 16.6 Å². The van der Waals surface area contributed by atoms with Gasteiger partial charge in [0.2, 0.25) is 0 Å². The first-order chi connectivity index (χ1) is 10.6. The van der Waals surface area contributed by atoms with Crippen molar-refractivity contribution < 1.29 is 0 Å². The largest absolute Gasteiger partial charge is 0.337 e. The van der Waals surface area contributed by atoms with Crippen LogP contribution in [0.3, 0.4) is 0 Å². The first kappa shape index (κ1) is 14.6. The monoisotopic (exact) mass is 351 g/mol. The fourth-order valence-corrected chi connectivity index (χ4v) is 2.54. The van der Waals surface area contributed by atoms with Gasteiger partial charge in [-0.3, -0.25) is 0 Å². The van der Waals surface area contributed by atoms with E-state index >= 15 is 0 Å². The molecule has 4 heteroatoms. The molecular weight excluding hydrogens is 338 g/mol. The van der Waals surface area contributed by atoms with Crippen molar-refractivity contribution in [2.24, 2.45) is 0 Å². The van der Waals surface area contributed by atoms with Crippen LogP contribution in [0.25, 0.3) is 22.7 Å². The molecular formula is C18H14BrN3. The minimum Gasteiger partial charge on any atom is -0.337 e. The van der Waals surface area contributed by atoms with Crippen molar-refractivity contribution in [3.8, 4) is 6.07 Å². The first-order valence-corrected chi connectivity index (χ1v) is 7.71. The van der Waals surface area contributed by atoms with Crippen LogP contribution in [0.1, 0.15) is 22.5 Å². The Bertz CT molecular complexity index is 873. The number of nitrogens with zero attached hydrogens (tertiary/aromatic N) is 2. The molecule has 0 fully saturated rings. The lowest BCUT2D eigenvalue weighted by atomic mass is 10.1. The lowest BCUT2D eigenvalue weighted by molar-refractivity contribution is 1.27. The number of fused-ring (bicyclic) bond motifs is 1. The van der Waals surface area contributed by atoms with Gasteiger partial charge in [0.25, 0.3) is 0 Å². The third kappa shape index (κ3) is 2.81. The SMILES string of the molecule is Cc1cc2nc(/C(C#N)=C\c3ccc(Br)cc3)[nH]c2cc1C. The second-order valence-corrected chi connectivity index (χ2v) is 6.18. The van der Waals surface area contributed by atoms with Gasteiger partial charge < -0.3 is 4.98 Å². The molecule has 0 spiro atoms. The van der Waals surface area contributed by atoms with Crippen LogP contribution in [-0.4, -0.2) is 9.97 Å². The maximum absolute atomic E-state index is 9.44. The Labute approximate surface area is 137 Å². The predicted octanol–water partition coefficient (Wildman–Crippen LogP) is 5.01. The first-order valence-electron chi connectivity index (χ1n) is 6.91. The summed E-state index contributed by atoms with van der Waals surface area (Å²) in [6.45, 7) is 4.13. The second-order valence-electron chi connectivity index (χ2n) is 5.26. The van der Waals surface area contributed by atoms with Crippen LogP contribution in [0, 0.1) is 25.2 Å². The summed E-state index contributed by atoms with van der Waals surface area (Å²) in [6, 6.07) is 14.1. The minimum atomic E-state index is 0.522. The Balaban J connectivity index is 2.07. The molecule has 0 aliphatic heterocycles. The zero-order chi connectivity index (χ0) is 15.7. The summed E-state index contributed by atoms with van der Waals surface area (Å²) in [7, 11) is 0. The second kappa shape index (κ2) is 5.78. The van der Waals surface area contributed by atoms with Crippen molar-refractivity contribution in [1.82, 2.24) is 9.97 Å².